The lowest BCUT2D eigenvalue weighted by Crippen LogP contribution is -2.26. The summed E-state index contributed by atoms with van der Waals surface area (Å²) < 4.78 is 4.74. The minimum Gasteiger partial charge on any atom is -0.508 e. The van der Waals surface area contributed by atoms with Crippen LogP contribution in [0.3, 0.4) is 0 Å². The maximum Gasteiger partial charge on any atom is 0.248 e. The van der Waals surface area contributed by atoms with Crippen LogP contribution < -0.4 is 5.48 Å². The molecule has 0 unspecified atom stereocenters. The SMILES string of the molecule is COCCONC(=O)Cc1ccccc1O. The molecule has 0 fully saturated rings. The van der Waals surface area contributed by atoms with Crippen molar-refractivity contribution in [2.75, 3.05) is 20.3 Å². The zero-order valence-corrected chi connectivity index (χ0v) is 9.10. The standard InChI is InChI=1S/C11H15NO4/c1-15-6-7-16-12-11(14)8-9-4-2-3-5-10(9)13/h2-5,13H,6-8H2,1H3,(H,12,14). The second kappa shape index (κ2) is 6.81. The molecular formula is C11H15NO4. The first-order valence-electron chi connectivity index (χ1n) is 4.90. The van der Waals surface area contributed by atoms with Crippen LogP contribution in [0.4, 0.5) is 0 Å². The van der Waals surface area contributed by atoms with Gasteiger partial charge in [0.2, 0.25) is 5.91 Å². The summed E-state index contributed by atoms with van der Waals surface area (Å²) in [6.07, 6.45) is 0.0830. The van der Waals surface area contributed by atoms with Crippen LogP contribution in [-0.2, 0) is 20.8 Å². The van der Waals surface area contributed by atoms with Gasteiger partial charge in [-0.2, -0.15) is 0 Å². The summed E-state index contributed by atoms with van der Waals surface area (Å²) in [6, 6.07) is 6.68. The number of carbonyl (C=O) groups excluding carboxylic acids is 1. The molecule has 0 aliphatic carbocycles. The van der Waals surface area contributed by atoms with Crippen molar-refractivity contribution >= 4 is 5.91 Å². The van der Waals surface area contributed by atoms with Gasteiger partial charge < -0.3 is 9.84 Å². The van der Waals surface area contributed by atoms with Gasteiger partial charge in [-0.05, 0) is 6.07 Å². The van der Waals surface area contributed by atoms with Crippen LogP contribution in [0.15, 0.2) is 24.3 Å². The predicted molar refractivity (Wildman–Crippen MR) is 57.8 cm³/mol. The number of hydroxylamine groups is 1. The third kappa shape index (κ3) is 4.29. The third-order valence-electron chi connectivity index (χ3n) is 1.92. The molecule has 0 spiro atoms. The first kappa shape index (κ1) is 12.5. The number of rotatable bonds is 6. The Hall–Kier alpha value is -1.59. The monoisotopic (exact) mass is 225 g/mol. The molecule has 0 saturated carbocycles. The number of phenolic OH excluding ortho intramolecular Hbond substituents is 1. The Morgan fingerprint density at radius 3 is 2.81 bits per heavy atom. The van der Waals surface area contributed by atoms with Gasteiger partial charge >= 0.3 is 0 Å². The number of carbonyl (C=O) groups is 1. The normalized spacial score (nSPS) is 10.1. The molecule has 0 radical (unpaired) electrons. The van der Waals surface area contributed by atoms with E-state index in [2.05, 4.69) is 5.48 Å². The number of nitrogens with one attached hydrogen (secondary N) is 1. The molecule has 16 heavy (non-hydrogen) atoms. The zero-order valence-electron chi connectivity index (χ0n) is 9.10. The highest BCUT2D eigenvalue weighted by molar-refractivity contribution is 5.78. The molecule has 2 N–H and O–H groups in total. The summed E-state index contributed by atoms with van der Waals surface area (Å²) in [5, 5.41) is 9.43. The zero-order chi connectivity index (χ0) is 11.8. The number of ether oxygens (including phenoxy) is 1. The van der Waals surface area contributed by atoms with Crippen LogP contribution in [0.5, 0.6) is 5.75 Å². The molecule has 0 saturated heterocycles. The van der Waals surface area contributed by atoms with Crippen molar-refractivity contribution in [3.8, 4) is 5.75 Å². The van der Waals surface area contributed by atoms with Crippen LogP contribution in [0.25, 0.3) is 0 Å². The van der Waals surface area contributed by atoms with Crippen LogP contribution in [0.2, 0.25) is 0 Å². The van der Waals surface area contributed by atoms with Gasteiger partial charge in [0.15, 0.2) is 0 Å². The molecule has 1 amide bonds. The molecule has 1 aromatic carbocycles. The minimum atomic E-state index is -0.308. The summed E-state index contributed by atoms with van der Waals surface area (Å²) >= 11 is 0. The summed E-state index contributed by atoms with van der Waals surface area (Å²) in [5.74, 6) is -0.202. The van der Waals surface area contributed by atoms with E-state index in [0.717, 1.165) is 0 Å². The molecule has 0 aliphatic rings. The molecule has 5 nitrogen and oxygen atoms in total. The number of hydrogen-bond donors (Lipinski definition) is 2. The van der Waals surface area contributed by atoms with E-state index in [1.165, 1.54) is 6.07 Å². The van der Waals surface area contributed by atoms with E-state index >= 15 is 0 Å². The topological polar surface area (TPSA) is 67.8 Å². The van der Waals surface area contributed by atoms with Gasteiger partial charge in [0.05, 0.1) is 19.6 Å². The Morgan fingerprint density at radius 2 is 2.12 bits per heavy atom. The highest BCUT2D eigenvalue weighted by Crippen LogP contribution is 2.15. The number of aromatic hydroxyl groups is 1. The van der Waals surface area contributed by atoms with Crippen LogP contribution in [0.1, 0.15) is 5.56 Å². The van der Waals surface area contributed by atoms with Gasteiger partial charge in [0.25, 0.3) is 0 Å². The molecule has 1 aromatic rings. The van der Waals surface area contributed by atoms with Gasteiger partial charge in [-0.3, -0.25) is 9.63 Å². The highest BCUT2D eigenvalue weighted by Gasteiger charge is 2.06. The fourth-order valence-electron chi connectivity index (χ4n) is 1.13. The average molecular weight is 225 g/mol. The second-order valence-electron chi connectivity index (χ2n) is 3.17. The van der Waals surface area contributed by atoms with Crippen molar-refractivity contribution in [1.82, 2.24) is 5.48 Å². The molecule has 5 heteroatoms. The van der Waals surface area contributed by atoms with E-state index in [1.807, 2.05) is 0 Å². The van der Waals surface area contributed by atoms with Gasteiger partial charge in [0, 0.05) is 12.7 Å². The van der Waals surface area contributed by atoms with Crippen molar-refractivity contribution in [2.24, 2.45) is 0 Å². The molecular weight excluding hydrogens is 210 g/mol. The first-order valence-corrected chi connectivity index (χ1v) is 4.90. The van der Waals surface area contributed by atoms with E-state index in [4.69, 9.17) is 9.57 Å². The average Bonchev–Trinajstić information content (AvgIpc) is 2.28. The minimum absolute atomic E-state index is 0.0830. The molecule has 1 rings (SSSR count). The van der Waals surface area contributed by atoms with Crippen molar-refractivity contribution in [3.05, 3.63) is 29.8 Å². The van der Waals surface area contributed by atoms with Crippen LogP contribution >= 0.6 is 0 Å². The van der Waals surface area contributed by atoms with E-state index in [0.29, 0.717) is 18.8 Å². The lowest BCUT2D eigenvalue weighted by atomic mass is 10.1. The predicted octanol–water partition coefficient (Wildman–Crippen LogP) is 0.629. The number of hydrogen-bond acceptors (Lipinski definition) is 4. The number of phenols is 1. The van der Waals surface area contributed by atoms with Crippen molar-refractivity contribution in [3.63, 3.8) is 0 Å². The maximum absolute atomic E-state index is 11.3. The summed E-state index contributed by atoms with van der Waals surface area (Å²) in [4.78, 5) is 16.2. The third-order valence-corrected chi connectivity index (χ3v) is 1.92. The molecule has 0 aliphatic heterocycles. The van der Waals surface area contributed by atoms with E-state index < -0.39 is 0 Å². The molecule has 0 atom stereocenters. The van der Waals surface area contributed by atoms with Crippen LogP contribution in [-0.4, -0.2) is 31.3 Å². The first-order chi connectivity index (χ1) is 7.74. The number of para-hydroxylation sites is 1. The smallest absolute Gasteiger partial charge is 0.248 e. The second-order valence-corrected chi connectivity index (χ2v) is 3.17. The molecule has 0 heterocycles. The van der Waals surface area contributed by atoms with Gasteiger partial charge in [-0.15, -0.1) is 0 Å². The largest absolute Gasteiger partial charge is 0.508 e. The van der Waals surface area contributed by atoms with Gasteiger partial charge in [-0.25, -0.2) is 5.48 Å². The maximum atomic E-state index is 11.3. The molecule has 88 valence electrons. The lowest BCUT2D eigenvalue weighted by Gasteiger charge is -2.06. The Morgan fingerprint density at radius 1 is 1.38 bits per heavy atom. The van der Waals surface area contributed by atoms with E-state index in [1.54, 1.807) is 25.3 Å². The fourth-order valence-corrected chi connectivity index (χ4v) is 1.13. The van der Waals surface area contributed by atoms with Crippen molar-refractivity contribution in [1.29, 1.82) is 0 Å². The fraction of sp³-hybridized carbons (Fsp3) is 0.364. The number of benzene rings is 1. The highest BCUT2D eigenvalue weighted by atomic mass is 16.7. The van der Waals surface area contributed by atoms with Crippen LogP contribution in [0, 0.1) is 0 Å². The summed E-state index contributed by atoms with van der Waals surface area (Å²) in [7, 11) is 1.55. The van der Waals surface area contributed by atoms with E-state index in [-0.39, 0.29) is 18.1 Å². The van der Waals surface area contributed by atoms with Gasteiger partial charge in [-0.1, -0.05) is 18.2 Å². The Bertz CT molecular complexity index is 341. The number of methoxy groups -OCH3 is 1. The Balaban J connectivity index is 2.32. The summed E-state index contributed by atoms with van der Waals surface area (Å²) in [6.45, 7) is 0.708. The van der Waals surface area contributed by atoms with Crippen molar-refractivity contribution < 1.29 is 19.5 Å². The molecule has 0 aromatic heterocycles. The quantitative estimate of drug-likeness (QED) is 0.550. The van der Waals surface area contributed by atoms with Crippen molar-refractivity contribution in [2.45, 2.75) is 6.42 Å². The Labute approximate surface area is 93.9 Å². The van der Waals surface area contributed by atoms with Gasteiger partial charge in [0.1, 0.15) is 5.75 Å². The number of amides is 1. The lowest BCUT2D eigenvalue weighted by molar-refractivity contribution is -0.133. The summed E-state index contributed by atoms with van der Waals surface area (Å²) in [5.41, 5.74) is 2.83. The Kier molecular flexibility index (Phi) is 5.31. The van der Waals surface area contributed by atoms with E-state index in [9.17, 15) is 9.90 Å². The molecule has 0 bridgehead atoms.